The van der Waals surface area contributed by atoms with E-state index in [1.165, 1.54) is 16.2 Å². The Hall–Kier alpha value is -1.43. The van der Waals surface area contributed by atoms with Gasteiger partial charge in [-0.05, 0) is 6.42 Å². The standard InChI is InChI=1S/C13H20N2O3S/c1-13(2,3)12-14-9(8-19-12)11(18)15(4)7-5-6-10(16)17/h8H,5-7H2,1-4H3,(H,16,17). The summed E-state index contributed by atoms with van der Waals surface area (Å²) in [5.74, 6) is -0.998. The van der Waals surface area contributed by atoms with Crippen LogP contribution in [0, 0.1) is 0 Å². The van der Waals surface area contributed by atoms with Crippen LogP contribution >= 0.6 is 11.3 Å². The fourth-order valence-corrected chi connectivity index (χ4v) is 2.36. The average Bonchev–Trinajstić information content (AvgIpc) is 2.76. The summed E-state index contributed by atoms with van der Waals surface area (Å²) >= 11 is 1.48. The predicted octanol–water partition coefficient (Wildman–Crippen LogP) is 2.38. The normalized spacial score (nSPS) is 11.4. The number of carboxylic acid groups (broad SMARTS) is 1. The topological polar surface area (TPSA) is 70.5 Å². The molecule has 106 valence electrons. The Balaban J connectivity index is 2.62. The highest BCUT2D eigenvalue weighted by molar-refractivity contribution is 7.10. The van der Waals surface area contributed by atoms with Gasteiger partial charge in [-0.2, -0.15) is 0 Å². The summed E-state index contributed by atoms with van der Waals surface area (Å²) in [6.07, 6.45) is 0.524. The molecule has 5 nitrogen and oxygen atoms in total. The molecular formula is C13H20N2O3S. The van der Waals surface area contributed by atoms with Gasteiger partial charge in [0.15, 0.2) is 0 Å². The molecule has 0 atom stereocenters. The molecule has 0 spiro atoms. The molecule has 1 aromatic rings. The Morgan fingerprint density at radius 1 is 1.42 bits per heavy atom. The third-order valence-electron chi connectivity index (χ3n) is 2.60. The lowest BCUT2D eigenvalue weighted by molar-refractivity contribution is -0.137. The summed E-state index contributed by atoms with van der Waals surface area (Å²) in [6.45, 7) is 6.58. The first-order valence-corrected chi connectivity index (χ1v) is 7.03. The van der Waals surface area contributed by atoms with E-state index < -0.39 is 5.97 Å². The molecule has 0 radical (unpaired) electrons. The molecule has 19 heavy (non-hydrogen) atoms. The van der Waals surface area contributed by atoms with Crippen molar-refractivity contribution in [2.24, 2.45) is 0 Å². The largest absolute Gasteiger partial charge is 0.481 e. The average molecular weight is 284 g/mol. The zero-order valence-electron chi connectivity index (χ0n) is 11.8. The van der Waals surface area contributed by atoms with E-state index in [1.807, 2.05) is 0 Å². The fourth-order valence-electron chi connectivity index (χ4n) is 1.48. The molecule has 1 aromatic heterocycles. The lowest BCUT2D eigenvalue weighted by Crippen LogP contribution is -2.28. The number of carbonyl (C=O) groups excluding carboxylic acids is 1. The van der Waals surface area contributed by atoms with Gasteiger partial charge >= 0.3 is 5.97 Å². The van der Waals surface area contributed by atoms with Gasteiger partial charge in [-0.1, -0.05) is 20.8 Å². The molecule has 1 heterocycles. The molecule has 0 aromatic carbocycles. The minimum Gasteiger partial charge on any atom is -0.481 e. The van der Waals surface area contributed by atoms with Gasteiger partial charge in [0.25, 0.3) is 5.91 Å². The van der Waals surface area contributed by atoms with Crippen molar-refractivity contribution in [2.75, 3.05) is 13.6 Å². The number of thiazole rings is 1. The number of carboxylic acids is 1. The molecule has 0 bridgehead atoms. The Labute approximate surface area is 117 Å². The number of aromatic nitrogens is 1. The monoisotopic (exact) mass is 284 g/mol. The van der Waals surface area contributed by atoms with Crippen LogP contribution in [0.15, 0.2) is 5.38 Å². The van der Waals surface area contributed by atoms with Gasteiger partial charge in [-0.3, -0.25) is 9.59 Å². The summed E-state index contributed by atoms with van der Waals surface area (Å²) < 4.78 is 0. The van der Waals surface area contributed by atoms with Crippen LogP contribution in [0.2, 0.25) is 0 Å². The maximum atomic E-state index is 12.1. The van der Waals surface area contributed by atoms with Crippen LogP contribution < -0.4 is 0 Å². The number of rotatable bonds is 5. The molecule has 1 amide bonds. The van der Waals surface area contributed by atoms with Gasteiger partial charge in [-0.15, -0.1) is 11.3 Å². The minimum atomic E-state index is -0.843. The van der Waals surface area contributed by atoms with Crippen LogP contribution in [0.1, 0.15) is 49.1 Å². The smallest absolute Gasteiger partial charge is 0.303 e. The summed E-state index contributed by atoms with van der Waals surface area (Å²) in [5, 5.41) is 11.2. The van der Waals surface area contributed by atoms with Crippen molar-refractivity contribution in [1.82, 2.24) is 9.88 Å². The van der Waals surface area contributed by atoms with Crippen molar-refractivity contribution in [3.63, 3.8) is 0 Å². The molecule has 0 fully saturated rings. The predicted molar refractivity (Wildman–Crippen MR) is 74.6 cm³/mol. The first-order chi connectivity index (χ1) is 8.71. The molecule has 0 aliphatic heterocycles. The SMILES string of the molecule is CN(CCCC(=O)O)C(=O)c1csc(C(C)(C)C)n1. The van der Waals surface area contributed by atoms with Gasteiger partial charge in [0.1, 0.15) is 5.69 Å². The summed E-state index contributed by atoms with van der Waals surface area (Å²) in [4.78, 5) is 28.4. The molecule has 1 rings (SSSR count). The van der Waals surface area contributed by atoms with Crippen LogP contribution in [-0.4, -0.2) is 40.5 Å². The van der Waals surface area contributed by atoms with Crippen LogP contribution in [0.5, 0.6) is 0 Å². The molecule has 0 saturated heterocycles. The van der Waals surface area contributed by atoms with E-state index in [2.05, 4.69) is 25.8 Å². The Bertz CT molecular complexity index is 463. The molecule has 0 aliphatic carbocycles. The van der Waals surface area contributed by atoms with Crippen molar-refractivity contribution in [1.29, 1.82) is 0 Å². The third kappa shape index (κ3) is 4.63. The number of amides is 1. The second kappa shape index (κ2) is 6.14. The quantitative estimate of drug-likeness (QED) is 0.901. The molecule has 0 aliphatic rings. The molecule has 0 saturated carbocycles. The summed E-state index contributed by atoms with van der Waals surface area (Å²) in [5.41, 5.74) is 0.373. The third-order valence-corrected chi connectivity index (χ3v) is 3.86. The van der Waals surface area contributed by atoms with Crippen molar-refractivity contribution < 1.29 is 14.7 Å². The first-order valence-electron chi connectivity index (χ1n) is 6.15. The first kappa shape index (κ1) is 15.6. The summed E-state index contributed by atoms with van der Waals surface area (Å²) in [7, 11) is 1.67. The number of hydrogen-bond acceptors (Lipinski definition) is 4. The highest BCUT2D eigenvalue weighted by Gasteiger charge is 2.21. The van der Waals surface area contributed by atoms with E-state index in [1.54, 1.807) is 12.4 Å². The highest BCUT2D eigenvalue weighted by Crippen LogP contribution is 2.25. The number of aliphatic carboxylic acids is 1. The van der Waals surface area contributed by atoms with E-state index in [0.717, 1.165) is 5.01 Å². The molecule has 6 heteroatoms. The van der Waals surface area contributed by atoms with E-state index >= 15 is 0 Å². The molecule has 1 N–H and O–H groups in total. The molecule has 0 unspecified atom stereocenters. The maximum absolute atomic E-state index is 12.1. The van der Waals surface area contributed by atoms with Crippen molar-refractivity contribution >= 4 is 23.2 Å². The van der Waals surface area contributed by atoms with E-state index in [0.29, 0.717) is 18.7 Å². The van der Waals surface area contributed by atoms with E-state index in [9.17, 15) is 9.59 Å². The van der Waals surface area contributed by atoms with Crippen LogP contribution in [0.3, 0.4) is 0 Å². The Morgan fingerprint density at radius 3 is 2.53 bits per heavy atom. The van der Waals surface area contributed by atoms with Crippen molar-refractivity contribution in [2.45, 2.75) is 39.0 Å². The van der Waals surface area contributed by atoms with Crippen molar-refractivity contribution in [3.8, 4) is 0 Å². The lowest BCUT2D eigenvalue weighted by Gasteiger charge is -2.16. The van der Waals surface area contributed by atoms with Gasteiger partial charge in [0.2, 0.25) is 0 Å². The van der Waals surface area contributed by atoms with Crippen LogP contribution in [0.4, 0.5) is 0 Å². The van der Waals surface area contributed by atoms with Crippen LogP contribution in [-0.2, 0) is 10.2 Å². The second-order valence-corrected chi connectivity index (χ2v) is 6.37. The van der Waals surface area contributed by atoms with E-state index in [4.69, 9.17) is 5.11 Å². The Morgan fingerprint density at radius 2 is 2.05 bits per heavy atom. The number of nitrogens with zero attached hydrogens (tertiary/aromatic N) is 2. The minimum absolute atomic E-state index is 0.0644. The second-order valence-electron chi connectivity index (χ2n) is 5.51. The maximum Gasteiger partial charge on any atom is 0.303 e. The summed E-state index contributed by atoms with van der Waals surface area (Å²) in [6, 6.07) is 0. The highest BCUT2D eigenvalue weighted by atomic mass is 32.1. The van der Waals surface area contributed by atoms with Gasteiger partial charge < -0.3 is 10.0 Å². The van der Waals surface area contributed by atoms with Crippen LogP contribution in [0.25, 0.3) is 0 Å². The van der Waals surface area contributed by atoms with Crippen molar-refractivity contribution in [3.05, 3.63) is 16.1 Å². The lowest BCUT2D eigenvalue weighted by atomic mass is 9.98. The number of carbonyl (C=O) groups is 2. The van der Waals surface area contributed by atoms with Gasteiger partial charge in [0.05, 0.1) is 5.01 Å². The van der Waals surface area contributed by atoms with E-state index in [-0.39, 0.29) is 17.7 Å². The zero-order chi connectivity index (χ0) is 14.6. The Kier molecular flexibility index (Phi) is 5.05. The zero-order valence-corrected chi connectivity index (χ0v) is 12.6. The fraction of sp³-hybridized carbons (Fsp3) is 0.615. The molecular weight excluding hydrogens is 264 g/mol. The number of hydrogen-bond donors (Lipinski definition) is 1. The van der Waals surface area contributed by atoms with Gasteiger partial charge in [0, 0.05) is 30.8 Å². The van der Waals surface area contributed by atoms with Gasteiger partial charge in [-0.25, -0.2) is 4.98 Å².